The number of aromatic nitrogens is 1. The lowest BCUT2D eigenvalue weighted by Crippen LogP contribution is -2.19. The second-order valence-electron chi connectivity index (χ2n) is 8.60. The van der Waals surface area contributed by atoms with E-state index in [0.717, 1.165) is 44.8 Å². The largest absolute Gasteiger partial charge is 0.481 e. The first-order valence-electron chi connectivity index (χ1n) is 11.1. The van der Waals surface area contributed by atoms with Crippen LogP contribution in [0.5, 0.6) is 0 Å². The minimum absolute atomic E-state index is 0.425. The number of nitrogens with zero attached hydrogens (tertiary/aromatic N) is 1. The van der Waals surface area contributed by atoms with Gasteiger partial charge in [-0.2, -0.15) is 0 Å². The van der Waals surface area contributed by atoms with E-state index in [1.54, 1.807) is 0 Å². The van der Waals surface area contributed by atoms with Crippen LogP contribution < -0.4 is 0 Å². The van der Waals surface area contributed by atoms with Crippen molar-refractivity contribution in [2.45, 2.75) is 38.4 Å². The first-order valence-corrected chi connectivity index (χ1v) is 11.1. The molecule has 5 heteroatoms. The number of benzene rings is 3. The highest BCUT2D eigenvalue weighted by molar-refractivity contribution is 5.85. The summed E-state index contributed by atoms with van der Waals surface area (Å²) in [6.45, 7) is 2.88. The van der Waals surface area contributed by atoms with Crippen LogP contribution in [0.25, 0.3) is 22.5 Å². The van der Waals surface area contributed by atoms with Gasteiger partial charge in [0.25, 0.3) is 0 Å². The van der Waals surface area contributed by atoms with Crippen LogP contribution in [0, 0.1) is 6.92 Å². The van der Waals surface area contributed by atoms with Crippen molar-refractivity contribution in [3.8, 4) is 22.5 Å². The Morgan fingerprint density at radius 2 is 1.52 bits per heavy atom. The number of ether oxygens (including phenoxy) is 1. The van der Waals surface area contributed by atoms with E-state index in [1.165, 1.54) is 0 Å². The van der Waals surface area contributed by atoms with E-state index in [1.807, 2.05) is 85.8 Å². The first kappa shape index (κ1) is 21.2. The van der Waals surface area contributed by atoms with Crippen LogP contribution in [0.2, 0.25) is 0 Å². The molecule has 0 atom stereocenters. The summed E-state index contributed by atoms with van der Waals surface area (Å²) < 4.78 is 11.5. The minimum atomic E-state index is -0.731. The molecule has 1 N–H and O–H groups in total. The summed E-state index contributed by atoms with van der Waals surface area (Å²) in [5.41, 5.74) is 6.15. The van der Waals surface area contributed by atoms with Gasteiger partial charge in [-0.05, 0) is 42.0 Å². The van der Waals surface area contributed by atoms with Crippen LogP contribution in [0.4, 0.5) is 0 Å². The molecule has 3 aromatic carbocycles. The fourth-order valence-electron chi connectivity index (χ4n) is 4.18. The van der Waals surface area contributed by atoms with Gasteiger partial charge in [0.15, 0.2) is 5.76 Å². The fraction of sp³-hybridized carbons (Fsp3) is 0.214. The third-order valence-electron chi connectivity index (χ3n) is 6.42. The molecule has 1 saturated carbocycles. The molecule has 0 spiro atoms. The number of hydrogen-bond acceptors (Lipinski definition) is 4. The maximum absolute atomic E-state index is 11.6. The summed E-state index contributed by atoms with van der Waals surface area (Å²) in [4.78, 5) is 11.6. The summed E-state index contributed by atoms with van der Waals surface area (Å²) >= 11 is 0. The zero-order valence-electron chi connectivity index (χ0n) is 18.5. The van der Waals surface area contributed by atoms with E-state index in [2.05, 4.69) is 5.16 Å². The number of hydrogen-bond donors (Lipinski definition) is 1. The second-order valence-corrected chi connectivity index (χ2v) is 8.60. The first-order chi connectivity index (χ1) is 16.1. The lowest BCUT2D eigenvalue weighted by Gasteiger charge is -2.11. The highest BCUT2D eigenvalue weighted by Crippen LogP contribution is 2.48. The van der Waals surface area contributed by atoms with E-state index in [9.17, 15) is 9.90 Å². The number of aliphatic carboxylic acids is 1. The van der Waals surface area contributed by atoms with Gasteiger partial charge in [-0.3, -0.25) is 4.79 Å². The van der Waals surface area contributed by atoms with Crippen LogP contribution in [0.3, 0.4) is 0 Å². The Morgan fingerprint density at radius 3 is 2.12 bits per heavy atom. The second kappa shape index (κ2) is 8.68. The van der Waals surface area contributed by atoms with Crippen LogP contribution >= 0.6 is 0 Å². The Balaban J connectivity index is 1.30. The lowest BCUT2D eigenvalue weighted by atomic mass is 9.93. The van der Waals surface area contributed by atoms with Crippen LogP contribution in [0.1, 0.15) is 35.2 Å². The monoisotopic (exact) mass is 439 g/mol. The quantitative estimate of drug-likeness (QED) is 0.356. The Bertz CT molecular complexity index is 1250. The Kier molecular flexibility index (Phi) is 5.56. The number of carboxylic acids is 1. The van der Waals surface area contributed by atoms with Gasteiger partial charge in [0.05, 0.1) is 24.3 Å². The maximum atomic E-state index is 11.6. The van der Waals surface area contributed by atoms with Crippen molar-refractivity contribution in [3.63, 3.8) is 0 Å². The zero-order valence-corrected chi connectivity index (χ0v) is 18.5. The van der Waals surface area contributed by atoms with Gasteiger partial charge in [-0.1, -0.05) is 84.0 Å². The zero-order chi connectivity index (χ0) is 22.8. The van der Waals surface area contributed by atoms with Gasteiger partial charge in [0, 0.05) is 11.1 Å². The summed E-state index contributed by atoms with van der Waals surface area (Å²) in [6, 6.07) is 26.1. The van der Waals surface area contributed by atoms with Crippen molar-refractivity contribution in [1.82, 2.24) is 5.16 Å². The van der Waals surface area contributed by atoms with Gasteiger partial charge in [0.2, 0.25) is 0 Å². The Morgan fingerprint density at radius 1 is 0.909 bits per heavy atom. The summed E-state index contributed by atoms with van der Waals surface area (Å²) in [6.07, 6.45) is 1.43. The van der Waals surface area contributed by atoms with Gasteiger partial charge in [0.1, 0.15) is 0 Å². The van der Waals surface area contributed by atoms with Gasteiger partial charge < -0.3 is 14.4 Å². The molecule has 5 rings (SSSR count). The van der Waals surface area contributed by atoms with Gasteiger partial charge >= 0.3 is 5.97 Å². The predicted molar refractivity (Wildman–Crippen MR) is 126 cm³/mol. The predicted octanol–water partition coefficient (Wildman–Crippen LogP) is 6.15. The molecule has 5 nitrogen and oxygen atoms in total. The Labute approximate surface area is 192 Å². The topological polar surface area (TPSA) is 72.6 Å². The summed E-state index contributed by atoms with van der Waals surface area (Å²) in [7, 11) is 0. The van der Waals surface area contributed by atoms with Crippen molar-refractivity contribution < 1.29 is 19.2 Å². The third kappa shape index (κ3) is 4.20. The van der Waals surface area contributed by atoms with Crippen LogP contribution in [0.15, 0.2) is 83.4 Å². The number of aryl methyl sites for hydroxylation is 1. The SMILES string of the molecule is Cc1noc(-c2ccc(-c3ccc(C4(C(=O)O)CC4)cc3)cc2)c1COCc1ccccc1. The van der Waals surface area contributed by atoms with Crippen molar-refractivity contribution in [1.29, 1.82) is 0 Å². The average molecular weight is 440 g/mol. The van der Waals surface area contributed by atoms with Crippen molar-refractivity contribution >= 4 is 5.97 Å². The van der Waals surface area contributed by atoms with Gasteiger partial charge in [-0.15, -0.1) is 0 Å². The fourth-order valence-corrected chi connectivity index (χ4v) is 4.18. The molecule has 1 aromatic heterocycles. The van der Waals surface area contributed by atoms with E-state index >= 15 is 0 Å². The van der Waals surface area contributed by atoms with E-state index < -0.39 is 11.4 Å². The summed E-state index contributed by atoms with van der Waals surface area (Å²) in [5, 5.41) is 13.6. The average Bonchev–Trinajstić information content (AvgIpc) is 3.59. The van der Waals surface area contributed by atoms with E-state index in [0.29, 0.717) is 26.1 Å². The Hall–Kier alpha value is -3.70. The van der Waals surface area contributed by atoms with Gasteiger partial charge in [-0.25, -0.2) is 0 Å². The van der Waals surface area contributed by atoms with E-state index in [4.69, 9.17) is 9.26 Å². The lowest BCUT2D eigenvalue weighted by molar-refractivity contribution is -0.140. The molecular weight excluding hydrogens is 414 g/mol. The molecule has 0 aliphatic heterocycles. The molecule has 0 bridgehead atoms. The molecule has 1 fully saturated rings. The summed E-state index contributed by atoms with van der Waals surface area (Å²) in [5.74, 6) is -0.00917. The third-order valence-corrected chi connectivity index (χ3v) is 6.42. The minimum Gasteiger partial charge on any atom is -0.481 e. The van der Waals surface area contributed by atoms with Crippen LogP contribution in [-0.4, -0.2) is 16.2 Å². The van der Waals surface area contributed by atoms with Crippen molar-refractivity contribution in [3.05, 3.63) is 101 Å². The maximum Gasteiger partial charge on any atom is 0.314 e. The normalized spacial score (nSPS) is 14.2. The molecule has 1 aliphatic rings. The molecule has 0 radical (unpaired) electrons. The molecule has 0 unspecified atom stereocenters. The molecule has 166 valence electrons. The van der Waals surface area contributed by atoms with Crippen molar-refractivity contribution in [2.24, 2.45) is 0 Å². The van der Waals surface area contributed by atoms with Crippen molar-refractivity contribution in [2.75, 3.05) is 0 Å². The molecule has 33 heavy (non-hydrogen) atoms. The molecule has 4 aromatic rings. The smallest absolute Gasteiger partial charge is 0.314 e. The number of rotatable bonds is 8. The van der Waals surface area contributed by atoms with E-state index in [-0.39, 0.29) is 0 Å². The highest BCUT2D eigenvalue weighted by Gasteiger charge is 2.51. The molecule has 0 saturated heterocycles. The molecule has 1 aliphatic carbocycles. The molecule has 1 heterocycles. The standard InChI is InChI=1S/C28H25NO4/c1-19-25(18-32-17-20-5-3-2-4-6-20)26(33-29-19)23-9-7-21(8-10-23)22-11-13-24(14-12-22)28(15-16-28)27(30)31/h2-14H,15-18H2,1H3,(H,30,31). The molecular formula is C28H25NO4. The highest BCUT2D eigenvalue weighted by atomic mass is 16.5. The molecule has 0 amide bonds. The van der Waals surface area contributed by atoms with Crippen LogP contribution in [-0.2, 0) is 28.2 Å². The number of carbonyl (C=O) groups is 1. The number of carboxylic acid groups (broad SMARTS) is 1.